The van der Waals surface area contributed by atoms with Gasteiger partial charge in [0.05, 0.1) is 30.7 Å². The van der Waals surface area contributed by atoms with Crippen molar-refractivity contribution in [3.05, 3.63) is 39.7 Å². The molecule has 154 valence electrons. The summed E-state index contributed by atoms with van der Waals surface area (Å²) in [6, 6.07) is 3.51. The van der Waals surface area contributed by atoms with E-state index in [1.807, 2.05) is 10.6 Å². The summed E-state index contributed by atoms with van der Waals surface area (Å²) in [5.74, 6) is 1.35. The molecule has 9 heteroatoms. The molecule has 0 fully saturated rings. The average Bonchev–Trinajstić information content (AvgIpc) is 2.74. The van der Waals surface area contributed by atoms with Gasteiger partial charge in [0.1, 0.15) is 0 Å². The first-order valence-electron chi connectivity index (χ1n) is 9.26. The minimum Gasteiger partial charge on any atom is -0.488 e. The highest BCUT2D eigenvalue weighted by Crippen LogP contribution is 2.35. The molecule has 0 aliphatic carbocycles. The van der Waals surface area contributed by atoms with Crippen LogP contribution in [-0.2, 0) is 17.7 Å². The Morgan fingerprint density at radius 1 is 1.34 bits per heavy atom. The quantitative estimate of drug-likeness (QED) is 0.312. The van der Waals surface area contributed by atoms with Crippen LogP contribution >= 0.6 is 0 Å². The first-order valence-corrected chi connectivity index (χ1v) is 9.26. The zero-order valence-corrected chi connectivity index (χ0v) is 16.9. The summed E-state index contributed by atoms with van der Waals surface area (Å²) in [5, 5.41) is 3.61. The Kier molecular flexibility index (Phi) is 6.61. The molecule has 1 N–H and O–H groups in total. The zero-order valence-electron chi connectivity index (χ0n) is 16.9. The van der Waals surface area contributed by atoms with E-state index in [0.29, 0.717) is 48.5 Å². The third-order valence-corrected chi connectivity index (χ3v) is 4.63. The summed E-state index contributed by atoms with van der Waals surface area (Å²) in [7, 11) is 4.80. The number of aromatic nitrogens is 2. The molecule has 1 aliphatic rings. The molecule has 0 atom stereocenters. The van der Waals surface area contributed by atoms with Gasteiger partial charge >= 0.3 is 0 Å². The molecule has 0 spiro atoms. The van der Waals surface area contributed by atoms with Crippen LogP contribution in [0.3, 0.4) is 0 Å². The molecular weight excluding hydrogens is 374 g/mol. The lowest BCUT2D eigenvalue weighted by Crippen LogP contribution is -2.28. The molecule has 1 aliphatic heterocycles. The molecule has 2 aromatic heterocycles. The molecule has 0 radical (unpaired) electrons. The number of ether oxygens (including phenoxy) is 3. The largest absolute Gasteiger partial charge is 0.488 e. The van der Waals surface area contributed by atoms with Crippen LogP contribution in [0, 0.1) is 0 Å². The van der Waals surface area contributed by atoms with E-state index in [1.165, 1.54) is 0 Å². The zero-order chi connectivity index (χ0) is 20.8. The molecule has 0 amide bonds. The Labute approximate surface area is 169 Å². The number of aryl methyl sites for hydroxylation is 2. The minimum absolute atomic E-state index is 0.179. The van der Waals surface area contributed by atoms with Crippen molar-refractivity contribution >= 4 is 12.6 Å². The number of fused-ring (bicyclic) bond motifs is 3. The van der Waals surface area contributed by atoms with Crippen LogP contribution in [-0.4, -0.2) is 56.6 Å². The number of hydrazone groups is 1. The number of aliphatic imine (C=N–C) groups is 1. The van der Waals surface area contributed by atoms with Crippen molar-refractivity contribution in [2.75, 3.05) is 34.5 Å². The second-order valence-electron chi connectivity index (χ2n) is 6.42. The summed E-state index contributed by atoms with van der Waals surface area (Å²) in [5.41, 5.74) is 5.36. The average molecular weight is 399 g/mol. The van der Waals surface area contributed by atoms with Gasteiger partial charge in [0.15, 0.2) is 17.0 Å². The van der Waals surface area contributed by atoms with E-state index < -0.39 is 0 Å². The fourth-order valence-corrected chi connectivity index (χ4v) is 3.25. The van der Waals surface area contributed by atoms with Gasteiger partial charge in [0.25, 0.3) is 5.88 Å². The molecular formula is C20H25N5O4. The van der Waals surface area contributed by atoms with Crippen LogP contribution < -0.4 is 20.3 Å². The van der Waals surface area contributed by atoms with Crippen LogP contribution in [0.2, 0.25) is 0 Å². The number of nitrogens with one attached hydrogen (secondary N) is 1. The van der Waals surface area contributed by atoms with E-state index in [-0.39, 0.29) is 5.43 Å². The Hall–Kier alpha value is -3.20. The van der Waals surface area contributed by atoms with E-state index in [1.54, 1.807) is 33.5 Å². The van der Waals surface area contributed by atoms with E-state index in [0.717, 1.165) is 24.1 Å². The van der Waals surface area contributed by atoms with Crippen molar-refractivity contribution < 1.29 is 14.2 Å². The first kappa shape index (κ1) is 20.5. The van der Waals surface area contributed by atoms with Gasteiger partial charge in [-0.05, 0) is 18.1 Å². The predicted molar refractivity (Wildman–Crippen MR) is 111 cm³/mol. The highest BCUT2D eigenvalue weighted by Gasteiger charge is 2.23. The van der Waals surface area contributed by atoms with Gasteiger partial charge in [-0.1, -0.05) is 0 Å². The normalized spacial score (nSPS) is 12.7. The van der Waals surface area contributed by atoms with E-state index in [9.17, 15) is 4.79 Å². The Morgan fingerprint density at radius 2 is 2.17 bits per heavy atom. The summed E-state index contributed by atoms with van der Waals surface area (Å²) in [4.78, 5) is 21.4. The van der Waals surface area contributed by atoms with Crippen molar-refractivity contribution in [2.24, 2.45) is 10.1 Å². The van der Waals surface area contributed by atoms with Gasteiger partial charge < -0.3 is 18.8 Å². The second kappa shape index (κ2) is 9.33. The third kappa shape index (κ3) is 4.29. The third-order valence-electron chi connectivity index (χ3n) is 4.63. The summed E-state index contributed by atoms with van der Waals surface area (Å²) >= 11 is 0. The Bertz CT molecular complexity index is 984. The monoisotopic (exact) mass is 399 g/mol. The van der Waals surface area contributed by atoms with Crippen molar-refractivity contribution in [1.29, 1.82) is 0 Å². The Morgan fingerprint density at radius 3 is 2.86 bits per heavy atom. The molecule has 3 heterocycles. The maximum absolute atomic E-state index is 12.7. The first-order chi connectivity index (χ1) is 14.1. The molecule has 9 nitrogen and oxygen atoms in total. The summed E-state index contributed by atoms with van der Waals surface area (Å²) in [6.45, 7) is 5.22. The standard InChI is InChI=1S/C20H25N5O4/c1-21-19(24-22-2)14-12-25-7-6-13-10-17(29-9-5-8-27-3)20(28-4)23-18(13)15(25)11-16(14)26/h10-12H,2,5-9H2,1,3-4H3,(H,21,24). The maximum atomic E-state index is 12.7. The lowest BCUT2D eigenvalue weighted by Gasteiger charge is -2.23. The van der Waals surface area contributed by atoms with Crippen molar-refractivity contribution in [1.82, 2.24) is 15.0 Å². The van der Waals surface area contributed by atoms with Gasteiger partial charge in [0, 0.05) is 52.7 Å². The number of hydrogen-bond donors (Lipinski definition) is 1. The summed E-state index contributed by atoms with van der Waals surface area (Å²) < 4.78 is 18.3. The highest BCUT2D eigenvalue weighted by atomic mass is 16.5. The smallest absolute Gasteiger partial charge is 0.257 e. The fourth-order valence-electron chi connectivity index (χ4n) is 3.25. The number of amidine groups is 1. The lowest BCUT2D eigenvalue weighted by atomic mass is 10.0. The number of nitrogens with zero attached hydrogens (tertiary/aromatic N) is 4. The van der Waals surface area contributed by atoms with E-state index >= 15 is 0 Å². The fraction of sp³-hybridized carbons (Fsp3) is 0.400. The van der Waals surface area contributed by atoms with Crippen molar-refractivity contribution in [2.45, 2.75) is 19.4 Å². The summed E-state index contributed by atoms with van der Waals surface area (Å²) in [6.07, 6.45) is 3.29. The van der Waals surface area contributed by atoms with Gasteiger partial charge in [-0.25, -0.2) is 4.98 Å². The van der Waals surface area contributed by atoms with Crippen LogP contribution in [0.5, 0.6) is 11.6 Å². The molecule has 29 heavy (non-hydrogen) atoms. The van der Waals surface area contributed by atoms with Crippen LogP contribution in [0.25, 0.3) is 11.4 Å². The van der Waals surface area contributed by atoms with Crippen LogP contribution in [0.4, 0.5) is 0 Å². The molecule has 0 saturated heterocycles. The van der Waals surface area contributed by atoms with Gasteiger partial charge in [-0.15, -0.1) is 0 Å². The van der Waals surface area contributed by atoms with E-state index in [2.05, 4.69) is 27.2 Å². The van der Waals surface area contributed by atoms with E-state index in [4.69, 9.17) is 14.2 Å². The molecule has 0 aromatic carbocycles. The highest BCUT2D eigenvalue weighted by molar-refractivity contribution is 5.98. The van der Waals surface area contributed by atoms with Crippen LogP contribution in [0.15, 0.2) is 33.2 Å². The number of rotatable bonds is 8. The molecule has 0 saturated carbocycles. The van der Waals surface area contributed by atoms with Gasteiger partial charge in [-0.3, -0.25) is 15.2 Å². The second-order valence-corrected chi connectivity index (χ2v) is 6.42. The number of hydrogen-bond acceptors (Lipinski definition) is 7. The number of pyridine rings is 2. The van der Waals surface area contributed by atoms with Crippen molar-refractivity contribution in [3.63, 3.8) is 0 Å². The van der Waals surface area contributed by atoms with Gasteiger partial charge in [0.2, 0.25) is 0 Å². The van der Waals surface area contributed by atoms with Crippen molar-refractivity contribution in [3.8, 4) is 23.0 Å². The Balaban J connectivity index is 1.99. The molecule has 3 rings (SSSR count). The molecule has 0 bridgehead atoms. The van der Waals surface area contributed by atoms with Crippen LogP contribution in [0.1, 0.15) is 17.5 Å². The predicted octanol–water partition coefficient (Wildman–Crippen LogP) is 1.47. The SMILES string of the molecule is C=NNC(=NC)c1cn2c(cc1=O)-c1nc(OC)c(OCCCOC)cc1CC2. The molecule has 2 aromatic rings. The maximum Gasteiger partial charge on any atom is 0.257 e. The van der Waals surface area contributed by atoms with Gasteiger partial charge in [-0.2, -0.15) is 5.10 Å². The minimum atomic E-state index is -0.179. The molecule has 0 unspecified atom stereocenters. The number of methoxy groups -OCH3 is 2. The topological polar surface area (TPSA) is 99.3 Å². The lowest BCUT2D eigenvalue weighted by molar-refractivity contribution is 0.170.